The summed E-state index contributed by atoms with van der Waals surface area (Å²) in [6, 6.07) is 10.5. The van der Waals surface area contributed by atoms with Gasteiger partial charge in [0.15, 0.2) is 0 Å². The minimum Gasteiger partial charge on any atom is -0.245 e. The molecule has 0 aliphatic carbocycles. The molecule has 0 spiro atoms. The molecule has 1 aromatic heterocycles. The van der Waals surface area contributed by atoms with Crippen molar-refractivity contribution in [2.24, 2.45) is 0 Å². The fourth-order valence-corrected chi connectivity index (χ4v) is 3.46. The first-order valence-corrected chi connectivity index (χ1v) is 7.59. The van der Waals surface area contributed by atoms with E-state index < -0.39 is 0 Å². The lowest BCUT2D eigenvalue weighted by atomic mass is 9.91. The highest BCUT2D eigenvalue weighted by molar-refractivity contribution is 7.79. The molecule has 96 valence electrons. The lowest BCUT2D eigenvalue weighted by molar-refractivity contribution is 0.567. The van der Waals surface area contributed by atoms with E-state index >= 15 is 0 Å². The van der Waals surface area contributed by atoms with Gasteiger partial charge >= 0.3 is 0 Å². The summed E-state index contributed by atoms with van der Waals surface area (Å²) < 4.78 is 0. The molecule has 0 N–H and O–H groups in total. The van der Waals surface area contributed by atoms with E-state index in [1.54, 1.807) is 11.3 Å². The fourth-order valence-electron chi connectivity index (χ4n) is 1.94. The highest BCUT2D eigenvalue weighted by atomic mass is 32.1. The van der Waals surface area contributed by atoms with Gasteiger partial charge in [-0.2, -0.15) is 12.6 Å². The molecule has 2 rings (SSSR count). The number of benzene rings is 1. The molecule has 0 amide bonds. The van der Waals surface area contributed by atoms with Crippen LogP contribution in [-0.2, 0) is 17.6 Å². The highest BCUT2D eigenvalue weighted by Gasteiger charge is 2.22. The van der Waals surface area contributed by atoms with Crippen molar-refractivity contribution in [2.75, 3.05) is 0 Å². The molecule has 0 radical (unpaired) electrons. The predicted molar refractivity (Wildman–Crippen MR) is 82.8 cm³/mol. The first-order valence-electron chi connectivity index (χ1n) is 6.14. The standard InChI is InChI=1S/C15H19NS2/c1-15(2,3)14-12(10-17)18-13(16-14)9-11-7-5-4-6-8-11/h4-8,17H,9-10H2,1-3H3. The van der Waals surface area contributed by atoms with E-state index in [1.165, 1.54) is 21.1 Å². The van der Waals surface area contributed by atoms with Gasteiger partial charge in [-0.05, 0) is 5.56 Å². The van der Waals surface area contributed by atoms with E-state index in [1.807, 2.05) is 6.07 Å². The molecule has 18 heavy (non-hydrogen) atoms. The van der Waals surface area contributed by atoms with Crippen LogP contribution in [0.4, 0.5) is 0 Å². The Balaban J connectivity index is 2.28. The SMILES string of the molecule is CC(C)(C)c1nc(Cc2ccccc2)sc1CS. The Labute approximate surface area is 119 Å². The molecule has 0 saturated carbocycles. The molecule has 3 heteroatoms. The number of aromatic nitrogens is 1. The van der Waals surface area contributed by atoms with Crippen molar-refractivity contribution in [2.45, 2.75) is 38.4 Å². The van der Waals surface area contributed by atoms with Gasteiger partial charge in [-0.25, -0.2) is 4.98 Å². The maximum atomic E-state index is 4.82. The molecule has 2 aromatic rings. The summed E-state index contributed by atoms with van der Waals surface area (Å²) in [4.78, 5) is 6.12. The maximum Gasteiger partial charge on any atom is 0.0975 e. The van der Waals surface area contributed by atoms with Crippen LogP contribution in [0.2, 0.25) is 0 Å². The smallest absolute Gasteiger partial charge is 0.0975 e. The molecule has 0 aliphatic heterocycles. The second-order valence-electron chi connectivity index (χ2n) is 5.45. The van der Waals surface area contributed by atoms with Crippen molar-refractivity contribution in [3.8, 4) is 0 Å². The molecule has 0 aliphatic rings. The van der Waals surface area contributed by atoms with Gasteiger partial charge < -0.3 is 0 Å². The predicted octanol–water partition coefficient (Wildman–Crippen LogP) is 4.46. The minimum absolute atomic E-state index is 0.101. The zero-order valence-electron chi connectivity index (χ0n) is 11.1. The lowest BCUT2D eigenvalue weighted by Gasteiger charge is -2.16. The van der Waals surface area contributed by atoms with Crippen LogP contribution in [-0.4, -0.2) is 4.98 Å². The monoisotopic (exact) mass is 277 g/mol. The number of nitrogens with zero attached hydrogens (tertiary/aromatic N) is 1. The van der Waals surface area contributed by atoms with Gasteiger partial charge in [0.1, 0.15) is 0 Å². The third kappa shape index (κ3) is 3.15. The molecule has 0 saturated heterocycles. The van der Waals surface area contributed by atoms with Gasteiger partial charge in [0.25, 0.3) is 0 Å². The molecule has 0 atom stereocenters. The molecule has 0 fully saturated rings. The van der Waals surface area contributed by atoms with Gasteiger partial charge in [0, 0.05) is 22.5 Å². The fraction of sp³-hybridized carbons (Fsp3) is 0.400. The van der Waals surface area contributed by atoms with Gasteiger partial charge in [-0.1, -0.05) is 51.1 Å². The van der Waals surface area contributed by atoms with E-state index in [2.05, 4.69) is 57.7 Å². The van der Waals surface area contributed by atoms with Crippen molar-refractivity contribution in [3.05, 3.63) is 51.5 Å². The molecule has 1 heterocycles. The topological polar surface area (TPSA) is 12.9 Å². The van der Waals surface area contributed by atoms with Crippen LogP contribution < -0.4 is 0 Å². The largest absolute Gasteiger partial charge is 0.245 e. The number of hydrogen-bond acceptors (Lipinski definition) is 3. The van der Waals surface area contributed by atoms with E-state index in [9.17, 15) is 0 Å². The average Bonchev–Trinajstić information content (AvgIpc) is 2.73. The van der Waals surface area contributed by atoms with E-state index in [4.69, 9.17) is 4.98 Å². The summed E-state index contributed by atoms with van der Waals surface area (Å²) in [6.45, 7) is 6.63. The van der Waals surface area contributed by atoms with Crippen LogP contribution in [0.1, 0.15) is 41.9 Å². The Hall–Kier alpha value is -0.800. The van der Waals surface area contributed by atoms with E-state index in [0.717, 1.165) is 12.2 Å². The number of rotatable bonds is 3. The van der Waals surface area contributed by atoms with Crippen LogP contribution >= 0.6 is 24.0 Å². The summed E-state index contributed by atoms with van der Waals surface area (Å²) in [6.07, 6.45) is 0.919. The molecule has 0 bridgehead atoms. The van der Waals surface area contributed by atoms with Crippen molar-refractivity contribution >= 4 is 24.0 Å². The Morgan fingerprint density at radius 2 is 1.83 bits per heavy atom. The zero-order valence-corrected chi connectivity index (χ0v) is 12.8. The summed E-state index contributed by atoms with van der Waals surface area (Å²) in [5, 5.41) is 1.19. The van der Waals surface area contributed by atoms with Crippen molar-refractivity contribution in [1.82, 2.24) is 4.98 Å². The first kappa shape index (κ1) is 13.6. The molecular weight excluding hydrogens is 258 g/mol. The van der Waals surface area contributed by atoms with Gasteiger partial charge in [-0.15, -0.1) is 11.3 Å². The maximum absolute atomic E-state index is 4.82. The Kier molecular flexibility index (Phi) is 4.13. The summed E-state index contributed by atoms with van der Waals surface area (Å²) >= 11 is 6.22. The van der Waals surface area contributed by atoms with E-state index in [0.29, 0.717) is 0 Å². The minimum atomic E-state index is 0.101. The van der Waals surface area contributed by atoms with Crippen LogP contribution in [0.25, 0.3) is 0 Å². The van der Waals surface area contributed by atoms with Crippen LogP contribution in [0.3, 0.4) is 0 Å². The summed E-state index contributed by atoms with van der Waals surface area (Å²) in [5.41, 5.74) is 2.62. The van der Waals surface area contributed by atoms with Crippen LogP contribution in [0, 0.1) is 0 Å². The quantitative estimate of drug-likeness (QED) is 0.817. The van der Waals surface area contributed by atoms with E-state index in [-0.39, 0.29) is 5.41 Å². The van der Waals surface area contributed by atoms with Gasteiger partial charge in [0.2, 0.25) is 0 Å². The third-order valence-corrected chi connectivity index (χ3v) is 4.38. The second kappa shape index (κ2) is 5.45. The zero-order chi connectivity index (χ0) is 13.2. The second-order valence-corrected chi connectivity index (χ2v) is 6.93. The van der Waals surface area contributed by atoms with Crippen molar-refractivity contribution in [3.63, 3.8) is 0 Å². The molecule has 1 nitrogen and oxygen atoms in total. The number of thiazole rings is 1. The average molecular weight is 277 g/mol. The number of thiol groups is 1. The third-order valence-electron chi connectivity index (χ3n) is 2.79. The van der Waals surface area contributed by atoms with Gasteiger partial charge in [-0.3, -0.25) is 0 Å². The Bertz CT molecular complexity index is 509. The molecule has 1 aromatic carbocycles. The van der Waals surface area contributed by atoms with Crippen LogP contribution in [0.15, 0.2) is 30.3 Å². The van der Waals surface area contributed by atoms with Crippen molar-refractivity contribution < 1.29 is 0 Å². The first-order chi connectivity index (χ1) is 8.50. The van der Waals surface area contributed by atoms with Gasteiger partial charge in [0.05, 0.1) is 10.7 Å². The Morgan fingerprint density at radius 1 is 1.17 bits per heavy atom. The van der Waals surface area contributed by atoms with Crippen molar-refractivity contribution in [1.29, 1.82) is 0 Å². The Morgan fingerprint density at radius 3 is 2.33 bits per heavy atom. The summed E-state index contributed by atoms with van der Waals surface area (Å²) in [7, 11) is 0. The lowest BCUT2D eigenvalue weighted by Crippen LogP contribution is -2.13. The molecule has 0 unspecified atom stereocenters. The number of hydrogen-bond donors (Lipinski definition) is 1. The van der Waals surface area contributed by atoms with Crippen LogP contribution in [0.5, 0.6) is 0 Å². The summed E-state index contributed by atoms with van der Waals surface area (Å²) in [5.74, 6) is 0.777. The molecular formula is C15H19NS2. The highest BCUT2D eigenvalue weighted by Crippen LogP contribution is 2.31. The normalized spacial score (nSPS) is 11.8.